The lowest BCUT2D eigenvalue weighted by atomic mass is 10.8. The Morgan fingerprint density at radius 1 is 1.88 bits per heavy atom. The summed E-state index contributed by atoms with van der Waals surface area (Å²) in [6.45, 7) is 3.35. The van der Waals surface area contributed by atoms with E-state index in [1.807, 2.05) is 0 Å². The van der Waals surface area contributed by atoms with Crippen LogP contribution in [0, 0.1) is 5.53 Å². The van der Waals surface area contributed by atoms with Crippen molar-refractivity contribution in [3.63, 3.8) is 0 Å². The van der Waals surface area contributed by atoms with Gasteiger partial charge in [0.15, 0.2) is 6.29 Å². The van der Waals surface area contributed by atoms with E-state index in [9.17, 15) is 0 Å². The van der Waals surface area contributed by atoms with Gasteiger partial charge >= 0.3 is 0 Å². The van der Waals surface area contributed by atoms with Gasteiger partial charge in [0.2, 0.25) is 0 Å². The molecule has 0 bridgehead atoms. The molecule has 0 aliphatic carbocycles. The van der Waals surface area contributed by atoms with Crippen molar-refractivity contribution in [2.24, 2.45) is 11.0 Å². The number of rotatable bonds is 4. The van der Waals surface area contributed by atoms with Crippen molar-refractivity contribution in [1.29, 1.82) is 5.53 Å². The van der Waals surface area contributed by atoms with E-state index in [-0.39, 0.29) is 0 Å². The van der Waals surface area contributed by atoms with Gasteiger partial charge < -0.3 is 5.32 Å². The smallest absolute Gasteiger partial charge is 0.166 e. The Morgan fingerprint density at radius 2 is 2.50 bits per heavy atom. The van der Waals surface area contributed by atoms with Gasteiger partial charge in [-0.1, -0.05) is 11.8 Å². The lowest BCUT2D eigenvalue weighted by molar-refractivity contribution is 0.479. The Kier molecular flexibility index (Phi) is 3.51. The third-order valence-electron chi connectivity index (χ3n) is 0.501. The highest BCUT2D eigenvalue weighted by atomic mass is 15.5. The molecule has 0 aromatic carbocycles. The van der Waals surface area contributed by atoms with E-state index in [0.717, 1.165) is 0 Å². The molecule has 0 rings (SSSR count). The van der Waals surface area contributed by atoms with Gasteiger partial charge in [-0.3, -0.25) is 11.2 Å². The fourth-order valence-corrected chi connectivity index (χ4v) is 0.234. The maximum atomic E-state index is 6.27. The maximum Gasteiger partial charge on any atom is 0.166 e. The van der Waals surface area contributed by atoms with Crippen molar-refractivity contribution in [3.05, 3.63) is 12.8 Å². The Balaban J connectivity index is 3.16. The molecule has 0 heterocycles. The SMILES string of the molecule is C=CNC(N)NN=N. The Hall–Kier alpha value is -1.10. The van der Waals surface area contributed by atoms with Crippen LogP contribution in [0.3, 0.4) is 0 Å². The molecule has 5 N–H and O–H groups in total. The van der Waals surface area contributed by atoms with Crippen LogP contribution >= 0.6 is 0 Å². The van der Waals surface area contributed by atoms with Crippen molar-refractivity contribution in [3.8, 4) is 0 Å². The number of nitrogens with two attached hydrogens (primary N) is 1. The van der Waals surface area contributed by atoms with Crippen LogP contribution < -0.4 is 16.5 Å². The molecule has 0 radical (unpaired) electrons. The molecule has 0 saturated carbocycles. The quantitative estimate of drug-likeness (QED) is 0.226. The maximum absolute atomic E-state index is 6.27. The Labute approximate surface area is 47.4 Å². The molecular weight excluding hydrogens is 106 g/mol. The van der Waals surface area contributed by atoms with Crippen LogP contribution in [0.15, 0.2) is 18.0 Å². The van der Waals surface area contributed by atoms with Gasteiger partial charge in [-0.15, -0.1) is 0 Å². The van der Waals surface area contributed by atoms with E-state index in [4.69, 9.17) is 11.3 Å². The van der Waals surface area contributed by atoms with Crippen LogP contribution in [-0.4, -0.2) is 6.29 Å². The highest BCUT2D eigenvalue weighted by molar-refractivity contribution is 4.65. The number of hydrogen-bond acceptors (Lipinski definition) is 4. The standard InChI is InChI=1S/C3H9N5/c1-2-6-3(4)7-8-5/h2-3,6H,1,4H2,(H2,5,7). The summed E-state index contributed by atoms with van der Waals surface area (Å²) in [5, 5.41) is 5.38. The summed E-state index contributed by atoms with van der Waals surface area (Å²) < 4.78 is 0. The second-order valence-corrected chi connectivity index (χ2v) is 1.09. The summed E-state index contributed by atoms with van der Waals surface area (Å²) in [6.07, 6.45) is 0.910. The molecule has 0 amide bonds. The molecule has 5 nitrogen and oxygen atoms in total. The predicted octanol–water partition coefficient (Wildman–Crippen LogP) is -0.503. The minimum Gasteiger partial charge on any atom is -0.359 e. The molecular formula is C3H9N5. The summed E-state index contributed by atoms with van der Waals surface area (Å²) in [4.78, 5) is 0. The van der Waals surface area contributed by atoms with Crippen LogP contribution in [0.5, 0.6) is 0 Å². The van der Waals surface area contributed by atoms with Crippen molar-refractivity contribution < 1.29 is 0 Å². The zero-order chi connectivity index (χ0) is 6.41. The third-order valence-corrected chi connectivity index (χ3v) is 0.501. The molecule has 0 saturated heterocycles. The number of hydrogen-bond donors (Lipinski definition) is 4. The third kappa shape index (κ3) is 3.10. The summed E-state index contributed by atoms with van der Waals surface area (Å²) in [5.41, 5.74) is 13.7. The van der Waals surface area contributed by atoms with Gasteiger partial charge in [0.05, 0.1) is 0 Å². The molecule has 0 aliphatic rings. The molecule has 0 aromatic rings. The highest BCUT2D eigenvalue weighted by Crippen LogP contribution is 1.61. The molecule has 0 aliphatic heterocycles. The predicted molar refractivity (Wildman–Crippen MR) is 29.6 cm³/mol. The van der Waals surface area contributed by atoms with Gasteiger partial charge in [0, 0.05) is 0 Å². The molecule has 1 unspecified atom stereocenters. The minimum absolute atomic E-state index is 0.509. The highest BCUT2D eigenvalue weighted by Gasteiger charge is 1.89. The van der Waals surface area contributed by atoms with E-state index in [0.29, 0.717) is 0 Å². The summed E-state index contributed by atoms with van der Waals surface area (Å²) in [7, 11) is 0. The van der Waals surface area contributed by atoms with Gasteiger partial charge in [-0.25, -0.2) is 0 Å². The number of nitrogens with one attached hydrogen (secondary N) is 3. The second-order valence-electron chi connectivity index (χ2n) is 1.09. The van der Waals surface area contributed by atoms with E-state index in [1.165, 1.54) is 6.20 Å². The summed E-state index contributed by atoms with van der Waals surface area (Å²) >= 11 is 0. The van der Waals surface area contributed by atoms with Gasteiger partial charge in [-0.2, -0.15) is 5.53 Å². The minimum atomic E-state index is -0.509. The average Bonchev–Trinajstić information content (AvgIpc) is 1.68. The van der Waals surface area contributed by atoms with Crippen molar-refractivity contribution in [2.75, 3.05) is 0 Å². The summed E-state index contributed by atoms with van der Waals surface area (Å²) in [5.74, 6) is 0. The average molecular weight is 115 g/mol. The van der Waals surface area contributed by atoms with Crippen LogP contribution in [0.4, 0.5) is 0 Å². The zero-order valence-corrected chi connectivity index (χ0v) is 4.39. The van der Waals surface area contributed by atoms with Crippen LogP contribution in [0.25, 0.3) is 0 Å². The topological polar surface area (TPSA) is 86.3 Å². The monoisotopic (exact) mass is 115 g/mol. The molecule has 46 valence electrons. The normalized spacial score (nSPS) is 11.6. The van der Waals surface area contributed by atoms with Crippen molar-refractivity contribution in [2.45, 2.75) is 6.29 Å². The Bertz CT molecular complexity index is 69.7. The van der Waals surface area contributed by atoms with E-state index >= 15 is 0 Å². The fourth-order valence-electron chi connectivity index (χ4n) is 0.234. The van der Waals surface area contributed by atoms with Gasteiger partial charge in [0.1, 0.15) is 0 Å². The first kappa shape index (κ1) is 6.90. The van der Waals surface area contributed by atoms with Crippen molar-refractivity contribution >= 4 is 0 Å². The van der Waals surface area contributed by atoms with E-state index in [2.05, 4.69) is 22.5 Å². The van der Waals surface area contributed by atoms with Crippen LogP contribution in [0.2, 0.25) is 0 Å². The van der Waals surface area contributed by atoms with Crippen molar-refractivity contribution in [1.82, 2.24) is 10.7 Å². The lowest BCUT2D eigenvalue weighted by Gasteiger charge is -2.07. The Morgan fingerprint density at radius 3 is 2.88 bits per heavy atom. The first-order valence-electron chi connectivity index (χ1n) is 2.05. The van der Waals surface area contributed by atoms with Crippen LogP contribution in [0.1, 0.15) is 0 Å². The van der Waals surface area contributed by atoms with E-state index in [1.54, 1.807) is 0 Å². The number of nitrogens with zero attached hydrogens (tertiary/aromatic N) is 1. The van der Waals surface area contributed by atoms with Gasteiger partial charge in [-0.05, 0) is 6.20 Å². The fraction of sp³-hybridized carbons (Fsp3) is 0.333. The van der Waals surface area contributed by atoms with Gasteiger partial charge in [0.25, 0.3) is 0 Å². The first-order chi connectivity index (χ1) is 3.81. The molecule has 0 fully saturated rings. The zero-order valence-electron chi connectivity index (χ0n) is 4.39. The molecule has 1 atom stereocenters. The van der Waals surface area contributed by atoms with Crippen LogP contribution in [-0.2, 0) is 0 Å². The van der Waals surface area contributed by atoms with E-state index < -0.39 is 6.29 Å². The summed E-state index contributed by atoms with van der Waals surface area (Å²) in [6, 6.07) is 0. The lowest BCUT2D eigenvalue weighted by Crippen LogP contribution is -2.43. The molecule has 5 heteroatoms. The second kappa shape index (κ2) is 4.07. The molecule has 8 heavy (non-hydrogen) atoms. The molecule has 0 spiro atoms. The first-order valence-corrected chi connectivity index (χ1v) is 2.05. The molecule has 0 aromatic heterocycles. The largest absolute Gasteiger partial charge is 0.359 e.